The highest BCUT2D eigenvalue weighted by Gasteiger charge is 2.38. The fourth-order valence-electron chi connectivity index (χ4n) is 4.06. The van der Waals surface area contributed by atoms with Gasteiger partial charge in [-0.3, -0.25) is 9.78 Å². The summed E-state index contributed by atoms with van der Waals surface area (Å²) in [6.07, 6.45) is 3.78. The molecule has 0 saturated heterocycles. The third-order valence-electron chi connectivity index (χ3n) is 6.39. The molecule has 0 radical (unpaired) electrons. The predicted molar refractivity (Wildman–Crippen MR) is 142 cm³/mol. The summed E-state index contributed by atoms with van der Waals surface area (Å²) in [6, 6.07) is 7.85. The number of hydrogen-bond donors (Lipinski definition) is 1. The molecule has 1 N–H and O–H groups in total. The van der Waals surface area contributed by atoms with E-state index in [1.54, 1.807) is 55.5 Å². The summed E-state index contributed by atoms with van der Waals surface area (Å²) in [4.78, 5) is 18.6. The second kappa shape index (κ2) is 12.5. The number of fused-ring (bicyclic) bond motifs is 1. The number of likely N-dealkylation sites (N-methyl/N-ethyl adjacent to an activating group) is 1. The van der Waals surface area contributed by atoms with Gasteiger partial charge < -0.3 is 14.7 Å². The molecule has 2 aromatic rings. The minimum Gasteiger partial charge on any atom is -0.487 e. The van der Waals surface area contributed by atoms with Crippen molar-refractivity contribution in [1.29, 1.82) is 0 Å². The largest absolute Gasteiger partial charge is 0.487 e. The van der Waals surface area contributed by atoms with Gasteiger partial charge in [0.2, 0.25) is 15.9 Å². The van der Waals surface area contributed by atoms with Crippen LogP contribution in [0.4, 0.5) is 0 Å². The molecule has 2 heterocycles. The van der Waals surface area contributed by atoms with Crippen LogP contribution in [0.5, 0.6) is 5.75 Å². The van der Waals surface area contributed by atoms with E-state index in [1.807, 2.05) is 6.92 Å². The second-order valence-corrected chi connectivity index (χ2v) is 12.0. The first-order valence-corrected chi connectivity index (χ1v) is 14.0. The van der Waals surface area contributed by atoms with Gasteiger partial charge in [0.15, 0.2) is 0 Å². The van der Waals surface area contributed by atoms with Gasteiger partial charge in [0.25, 0.3) is 0 Å². The Morgan fingerprint density at radius 1 is 1.24 bits per heavy atom. The lowest BCUT2D eigenvalue weighted by molar-refractivity contribution is -0.130. The molecule has 0 fully saturated rings. The smallest absolute Gasteiger partial charge is 0.247 e. The minimum atomic E-state index is -3.93. The summed E-state index contributed by atoms with van der Waals surface area (Å²) in [7, 11) is -2.21. The topological polar surface area (TPSA) is 100 Å². The third-order valence-corrected chi connectivity index (χ3v) is 8.41. The molecule has 3 atom stereocenters. The van der Waals surface area contributed by atoms with Gasteiger partial charge in [-0.25, -0.2) is 8.42 Å². The first kappa shape index (κ1) is 28.6. The van der Waals surface area contributed by atoms with Crippen molar-refractivity contribution >= 4 is 15.9 Å². The van der Waals surface area contributed by atoms with Crippen LogP contribution >= 0.6 is 0 Å². The van der Waals surface area contributed by atoms with E-state index >= 15 is 0 Å². The molecule has 1 amide bonds. The lowest BCUT2D eigenvalue weighted by atomic mass is 10.0. The number of aliphatic hydroxyl groups is 1. The van der Waals surface area contributed by atoms with Gasteiger partial charge in [-0.15, -0.1) is 0 Å². The van der Waals surface area contributed by atoms with Gasteiger partial charge >= 0.3 is 0 Å². The zero-order chi connectivity index (χ0) is 27.2. The zero-order valence-corrected chi connectivity index (χ0v) is 23.0. The van der Waals surface area contributed by atoms with E-state index in [9.17, 15) is 18.3 Å². The van der Waals surface area contributed by atoms with E-state index in [2.05, 4.69) is 30.7 Å². The molecule has 1 aromatic heterocycles. The van der Waals surface area contributed by atoms with E-state index in [4.69, 9.17) is 4.74 Å². The maximum atomic E-state index is 13.6. The number of ether oxygens (including phenoxy) is 1. The van der Waals surface area contributed by atoms with E-state index in [-0.39, 0.29) is 48.6 Å². The number of nitrogens with zero attached hydrogens (tertiary/aromatic N) is 3. The van der Waals surface area contributed by atoms with Crippen molar-refractivity contribution < 1.29 is 23.1 Å². The highest BCUT2D eigenvalue weighted by molar-refractivity contribution is 7.89. The molecule has 9 heteroatoms. The van der Waals surface area contributed by atoms with Crippen molar-refractivity contribution in [3.63, 3.8) is 0 Å². The lowest BCUT2D eigenvalue weighted by Gasteiger charge is -2.37. The summed E-state index contributed by atoms with van der Waals surface area (Å²) >= 11 is 0. The Morgan fingerprint density at radius 3 is 2.59 bits per heavy atom. The summed E-state index contributed by atoms with van der Waals surface area (Å²) < 4.78 is 34.9. The number of hydrogen-bond acceptors (Lipinski definition) is 6. The van der Waals surface area contributed by atoms with E-state index in [0.717, 1.165) is 12.0 Å². The number of pyridine rings is 1. The van der Waals surface area contributed by atoms with Crippen molar-refractivity contribution in [1.82, 2.24) is 14.2 Å². The quantitative estimate of drug-likeness (QED) is 0.556. The van der Waals surface area contributed by atoms with Crippen LogP contribution in [0.25, 0.3) is 0 Å². The Kier molecular flexibility index (Phi) is 9.71. The van der Waals surface area contributed by atoms with Crippen molar-refractivity contribution in [3.8, 4) is 17.6 Å². The number of aliphatic hydroxyl groups excluding tert-OH is 1. The Hall–Kier alpha value is -2.93. The Labute approximate surface area is 220 Å². The second-order valence-electron chi connectivity index (χ2n) is 10.1. The van der Waals surface area contributed by atoms with Crippen LogP contribution in [0.15, 0.2) is 47.6 Å². The zero-order valence-electron chi connectivity index (χ0n) is 22.2. The van der Waals surface area contributed by atoms with Crippen molar-refractivity contribution in [2.24, 2.45) is 11.8 Å². The average molecular weight is 528 g/mol. The minimum absolute atomic E-state index is 0.0323. The molecule has 1 aliphatic heterocycles. The number of aromatic nitrogens is 1. The molecule has 0 saturated carbocycles. The standard InChI is InChI=1S/C28H37N3O5S/c1-20(2)7-6-8-23-9-10-27-25(15-23)36-26(21(3)17-31(22(4)19-32)37(27,34)35)18-30(5)28(33)16-24-11-13-29-14-12-24/h9-15,20-22,26,32H,7,16-19H2,1-5H3/t21-,22+,26+/m1/s1. The van der Waals surface area contributed by atoms with Crippen LogP contribution in [0, 0.1) is 23.7 Å². The van der Waals surface area contributed by atoms with Gasteiger partial charge in [-0.2, -0.15) is 4.31 Å². The van der Waals surface area contributed by atoms with E-state index < -0.39 is 22.2 Å². The summed E-state index contributed by atoms with van der Waals surface area (Å²) in [5, 5.41) is 9.81. The number of carbonyl (C=O) groups excluding carboxylic acids is 1. The molecule has 0 bridgehead atoms. The molecule has 0 spiro atoms. The molecule has 1 aliphatic rings. The summed E-state index contributed by atoms with van der Waals surface area (Å²) in [6.45, 7) is 7.86. The van der Waals surface area contributed by atoms with Crippen LogP contribution in [-0.2, 0) is 21.2 Å². The van der Waals surface area contributed by atoms with Crippen molar-refractivity contribution in [2.45, 2.75) is 57.6 Å². The molecule has 200 valence electrons. The number of rotatable bonds is 7. The van der Waals surface area contributed by atoms with Gasteiger partial charge in [0.05, 0.1) is 19.6 Å². The monoisotopic (exact) mass is 527 g/mol. The Balaban J connectivity index is 1.95. The first-order valence-electron chi connectivity index (χ1n) is 12.6. The van der Waals surface area contributed by atoms with Crippen LogP contribution in [-0.4, -0.2) is 72.5 Å². The number of benzene rings is 1. The van der Waals surface area contributed by atoms with Crippen molar-refractivity contribution in [2.75, 3.05) is 26.7 Å². The van der Waals surface area contributed by atoms with Crippen LogP contribution in [0.3, 0.4) is 0 Å². The highest BCUT2D eigenvalue weighted by Crippen LogP contribution is 2.34. The van der Waals surface area contributed by atoms with Gasteiger partial charge in [0, 0.05) is 49.9 Å². The van der Waals surface area contributed by atoms with E-state index in [1.165, 1.54) is 10.4 Å². The van der Waals surface area contributed by atoms with Crippen LogP contribution in [0.2, 0.25) is 0 Å². The summed E-state index contributed by atoms with van der Waals surface area (Å²) in [5.41, 5.74) is 1.52. The SMILES string of the molecule is CC(C)CC#Cc1ccc2c(c1)O[C@@H](CN(C)C(=O)Cc1ccncc1)[C@H](C)CN([C@@H](C)CO)S2(=O)=O. The molecule has 3 rings (SSSR count). The first-order chi connectivity index (χ1) is 17.5. The lowest BCUT2D eigenvalue weighted by Crippen LogP contribution is -2.50. The van der Waals surface area contributed by atoms with Crippen LogP contribution in [0.1, 0.15) is 45.2 Å². The van der Waals surface area contributed by atoms with Gasteiger partial charge in [-0.05, 0) is 48.7 Å². The molecule has 8 nitrogen and oxygen atoms in total. The normalized spacial score (nSPS) is 20.0. The molecular formula is C28H37N3O5S. The van der Waals surface area contributed by atoms with Crippen LogP contribution < -0.4 is 4.74 Å². The number of sulfonamides is 1. The maximum Gasteiger partial charge on any atom is 0.247 e. The molecule has 1 aromatic carbocycles. The van der Waals surface area contributed by atoms with Gasteiger partial charge in [0.1, 0.15) is 16.7 Å². The van der Waals surface area contributed by atoms with E-state index in [0.29, 0.717) is 11.5 Å². The predicted octanol–water partition coefficient (Wildman–Crippen LogP) is 2.95. The maximum absolute atomic E-state index is 13.6. The molecule has 0 aliphatic carbocycles. The third kappa shape index (κ3) is 7.31. The van der Waals surface area contributed by atoms with Gasteiger partial charge in [-0.1, -0.05) is 32.6 Å². The fraction of sp³-hybridized carbons (Fsp3) is 0.500. The number of carbonyl (C=O) groups is 1. The Bertz CT molecular complexity index is 1240. The van der Waals surface area contributed by atoms with Crippen molar-refractivity contribution in [3.05, 3.63) is 53.9 Å². The average Bonchev–Trinajstić information content (AvgIpc) is 2.86. The summed E-state index contributed by atoms with van der Waals surface area (Å²) in [5.74, 6) is 6.52. The molecule has 37 heavy (non-hydrogen) atoms. The fourth-order valence-corrected chi connectivity index (χ4v) is 5.89. The molecule has 0 unspecified atom stereocenters. The Morgan fingerprint density at radius 2 is 1.95 bits per heavy atom. The molecular weight excluding hydrogens is 490 g/mol. The number of amides is 1. The highest BCUT2D eigenvalue weighted by atomic mass is 32.2.